The van der Waals surface area contributed by atoms with Crippen LogP contribution in [-0.2, 0) is 6.54 Å². The fourth-order valence-corrected chi connectivity index (χ4v) is 3.94. The van der Waals surface area contributed by atoms with Crippen LogP contribution in [0.4, 0.5) is 8.78 Å². The fraction of sp³-hybridized carbons (Fsp3) is 0.588. The lowest BCUT2D eigenvalue weighted by atomic mass is 10.2. The van der Waals surface area contributed by atoms with Crippen molar-refractivity contribution in [3.8, 4) is 0 Å². The molecule has 1 aliphatic rings. The molecule has 1 aromatic carbocycles. The van der Waals surface area contributed by atoms with Crippen LogP contribution in [0.1, 0.15) is 38.7 Å². The third-order valence-electron chi connectivity index (χ3n) is 3.89. The molecule has 2 N–H and O–H groups in total. The smallest absolute Gasteiger partial charge is 0.191 e. The van der Waals surface area contributed by atoms with Crippen molar-refractivity contribution in [3.05, 3.63) is 35.4 Å². The van der Waals surface area contributed by atoms with Gasteiger partial charge in [0.1, 0.15) is 11.6 Å². The van der Waals surface area contributed by atoms with Crippen LogP contribution < -0.4 is 10.6 Å². The highest BCUT2D eigenvalue weighted by atomic mass is 32.2. The lowest BCUT2D eigenvalue weighted by molar-refractivity contribution is 0.584. The van der Waals surface area contributed by atoms with E-state index in [1.807, 2.05) is 18.7 Å². The van der Waals surface area contributed by atoms with Gasteiger partial charge in [0.15, 0.2) is 5.96 Å². The molecule has 2 atom stereocenters. The van der Waals surface area contributed by atoms with Gasteiger partial charge in [-0.15, -0.1) is 0 Å². The van der Waals surface area contributed by atoms with Gasteiger partial charge in [0.25, 0.3) is 0 Å². The van der Waals surface area contributed by atoms with Crippen molar-refractivity contribution in [3.63, 3.8) is 0 Å². The molecule has 6 heteroatoms. The van der Waals surface area contributed by atoms with E-state index < -0.39 is 11.6 Å². The van der Waals surface area contributed by atoms with Gasteiger partial charge in [-0.3, -0.25) is 0 Å². The Morgan fingerprint density at radius 2 is 2.13 bits per heavy atom. The molecular formula is C17H25F2N3S. The number of guanidine groups is 1. The summed E-state index contributed by atoms with van der Waals surface area (Å²) in [5.41, 5.74) is 0.271. The van der Waals surface area contributed by atoms with Crippen LogP contribution in [0.25, 0.3) is 0 Å². The molecule has 1 aromatic rings. The second kappa shape index (κ2) is 9.11. The Bertz CT molecular complexity index is 537. The van der Waals surface area contributed by atoms with Crippen LogP contribution in [0, 0.1) is 11.6 Å². The molecule has 128 valence electrons. The maximum absolute atomic E-state index is 13.7. The van der Waals surface area contributed by atoms with E-state index >= 15 is 0 Å². The van der Waals surface area contributed by atoms with E-state index in [-0.39, 0.29) is 12.1 Å². The van der Waals surface area contributed by atoms with E-state index in [1.165, 1.54) is 12.5 Å². The highest BCUT2D eigenvalue weighted by Gasteiger charge is 2.25. The van der Waals surface area contributed by atoms with Gasteiger partial charge < -0.3 is 10.6 Å². The average Bonchev–Trinajstić information content (AvgIpc) is 2.96. The normalized spacial score (nSPS) is 21.5. The van der Waals surface area contributed by atoms with Gasteiger partial charge in [0, 0.05) is 23.4 Å². The molecule has 2 unspecified atom stereocenters. The number of halogens is 2. The van der Waals surface area contributed by atoms with Crippen LogP contribution in [0.2, 0.25) is 0 Å². The SMILES string of the molecule is CCNC(=NCc1cc(F)ccc1F)NC1CCC(SCC)C1. The minimum Gasteiger partial charge on any atom is -0.357 e. The molecule has 0 bridgehead atoms. The van der Waals surface area contributed by atoms with Gasteiger partial charge in [-0.05, 0) is 50.1 Å². The summed E-state index contributed by atoms with van der Waals surface area (Å²) in [6.45, 7) is 5.03. The molecule has 2 rings (SSSR count). The number of benzene rings is 1. The molecule has 0 heterocycles. The van der Waals surface area contributed by atoms with Gasteiger partial charge in [-0.25, -0.2) is 13.8 Å². The summed E-state index contributed by atoms with van der Waals surface area (Å²) in [5.74, 6) is 0.948. The maximum atomic E-state index is 13.7. The van der Waals surface area contributed by atoms with Crippen molar-refractivity contribution in [1.29, 1.82) is 0 Å². The molecule has 1 aliphatic carbocycles. The summed E-state index contributed by atoms with van der Waals surface area (Å²) in [7, 11) is 0. The summed E-state index contributed by atoms with van der Waals surface area (Å²) in [4.78, 5) is 4.40. The predicted molar refractivity (Wildman–Crippen MR) is 93.9 cm³/mol. The Balaban J connectivity index is 1.96. The third kappa shape index (κ3) is 5.68. The van der Waals surface area contributed by atoms with Gasteiger partial charge >= 0.3 is 0 Å². The minimum atomic E-state index is -0.440. The third-order valence-corrected chi connectivity index (χ3v) is 5.12. The van der Waals surface area contributed by atoms with Crippen LogP contribution in [0.15, 0.2) is 23.2 Å². The van der Waals surface area contributed by atoms with Gasteiger partial charge in [0.05, 0.1) is 6.54 Å². The van der Waals surface area contributed by atoms with Crippen LogP contribution in [-0.4, -0.2) is 29.5 Å². The van der Waals surface area contributed by atoms with Crippen LogP contribution >= 0.6 is 11.8 Å². The first-order valence-electron chi connectivity index (χ1n) is 8.22. The highest BCUT2D eigenvalue weighted by molar-refractivity contribution is 7.99. The summed E-state index contributed by atoms with van der Waals surface area (Å²) in [6.07, 6.45) is 3.46. The predicted octanol–water partition coefficient (Wildman–Crippen LogP) is 3.69. The minimum absolute atomic E-state index is 0.124. The molecule has 0 aromatic heterocycles. The second-order valence-electron chi connectivity index (χ2n) is 5.66. The Labute approximate surface area is 141 Å². The van der Waals surface area contributed by atoms with Crippen LogP contribution in [0.3, 0.4) is 0 Å². The number of hydrogen-bond donors (Lipinski definition) is 2. The monoisotopic (exact) mass is 341 g/mol. The fourth-order valence-electron chi connectivity index (χ4n) is 2.80. The van der Waals surface area contributed by atoms with Gasteiger partial charge in [0.2, 0.25) is 0 Å². The first-order valence-corrected chi connectivity index (χ1v) is 9.27. The quantitative estimate of drug-likeness (QED) is 0.612. The molecular weight excluding hydrogens is 316 g/mol. The topological polar surface area (TPSA) is 36.4 Å². The molecule has 0 amide bonds. The molecule has 0 aliphatic heterocycles. The van der Waals surface area contributed by atoms with Crippen molar-refractivity contribution in [2.75, 3.05) is 12.3 Å². The zero-order chi connectivity index (χ0) is 16.7. The van der Waals surface area contributed by atoms with Crippen LogP contribution in [0.5, 0.6) is 0 Å². The zero-order valence-corrected chi connectivity index (χ0v) is 14.6. The van der Waals surface area contributed by atoms with E-state index in [0.29, 0.717) is 17.3 Å². The van der Waals surface area contributed by atoms with Crippen molar-refractivity contribution in [1.82, 2.24) is 10.6 Å². The molecule has 0 spiro atoms. The number of aliphatic imine (C=N–C) groups is 1. The van der Waals surface area contributed by atoms with Crippen molar-refractivity contribution < 1.29 is 8.78 Å². The van der Waals surface area contributed by atoms with Crippen molar-refractivity contribution in [2.45, 2.75) is 50.9 Å². The Morgan fingerprint density at radius 3 is 2.87 bits per heavy atom. The lowest BCUT2D eigenvalue weighted by Crippen LogP contribution is -2.42. The molecule has 3 nitrogen and oxygen atoms in total. The number of nitrogens with zero attached hydrogens (tertiary/aromatic N) is 1. The van der Waals surface area contributed by atoms with E-state index in [2.05, 4.69) is 22.5 Å². The zero-order valence-electron chi connectivity index (χ0n) is 13.7. The Kier molecular flexibility index (Phi) is 7.15. The van der Waals surface area contributed by atoms with E-state index in [9.17, 15) is 8.78 Å². The summed E-state index contributed by atoms with van der Waals surface area (Å²) < 4.78 is 26.9. The average molecular weight is 341 g/mol. The van der Waals surface area contributed by atoms with E-state index in [0.717, 1.165) is 37.3 Å². The molecule has 23 heavy (non-hydrogen) atoms. The summed E-state index contributed by atoms with van der Waals surface area (Å²) >= 11 is 2.01. The summed E-state index contributed by atoms with van der Waals surface area (Å²) in [5, 5.41) is 7.30. The molecule has 0 saturated heterocycles. The van der Waals surface area contributed by atoms with E-state index in [1.54, 1.807) is 0 Å². The molecule has 1 fully saturated rings. The molecule has 0 radical (unpaired) electrons. The molecule has 1 saturated carbocycles. The number of thioether (sulfide) groups is 1. The highest BCUT2D eigenvalue weighted by Crippen LogP contribution is 2.29. The maximum Gasteiger partial charge on any atom is 0.191 e. The summed E-state index contributed by atoms with van der Waals surface area (Å²) in [6, 6.07) is 3.86. The Morgan fingerprint density at radius 1 is 1.30 bits per heavy atom. The Hall–Kier alpha value is -1.30. The number of hydrogen-bond acceptors (Lipinski definition) is 2. The van der Waals surface area contributed by atoms with Gasteiger partial charge in [-0.2, -0.15) is 11.8 Å². The van der Waals surface area contributed by atoms with E-state index in [4.69, 9.17) is 0 Å². The first-order chi connectivity index (χ1) is 11.1. The van der Waals surface area contributed by atoms with Gasteiger partial charge in [-0.1, -0.05) is 6.92 Å². The van der Waals surface area contributed by atoms with Crippen molar-refractivity contribution >= 4 is 17.7 Å². The second-order valence-corrected chi connectivity index (χ2v) is 7.24. The standard InChI is InChI=1S/C17H25F2N3S/c1-3-20-17(22-14-6-7-15(10-14)23-4-2)21-11-12-9-13(18)5-8-16(12)19/h5,8-9,14-15H,3-4,6-7,10-11H2,1-2H3,(H2,20,21,22). The lowest BCUT2D eigenvalue weighted by Gasteiger charge is -2.17. The van der Waals surface area contributed by atoms with Crippen molar-refractivity contribution in [2.24, 2.45) is 4.99 Å². The number of nitrogens with one attached hydrogen (secondary N) is 2. The first kappa shape index (κ1) is 18.0. The number of rotatable bonds is 6. The largest absolute Gasteiger partial charge is 0.357 e.